The number of rotatable bonds is 4. The minimum Gasteiger partial charge on any atom is -0.488 e. The van der Waals surface area contributed by atoms with Gasteiger partial charge in [0.05, 0.1) is 15.6 Å². The third-order valence-electron chi connectivity index (χ3n) is 1.66. The van der Waals surface area contributed by atoms with Gasteiger partial charge < -0.3 is 9.84 Å². The van der Waals surface area contributed by atoms with E-state index in [2.05, 4.69) is 0 Å². The summed E-state index contributed by atoms with van der Waals surface area (Å²) in [5, 5.41) is 9.28. The second-order valence-electron chi connectivity index (χ2n) is 2.79. The van der Waals surface area contributed by atoms with Crippen molar-refractivity contribution in [2.45, 2.75) is 0 Å². The maximum Gasteiger partial charge on any atom is 0.337 e. The van der Waals surface area contributed by atoms with Gasteiger partial charge in [-0.25, -0.2) is 4.79 Å². The van der Waals surface area contributed by atoms with Crippen LogP contribution in [0.2, 0.25) is 5.02 Å². The fourth-order valence-corrected chi connectivity index (χ4v) is 1.26. The van der Waals surface area contributed by atoms with Gasteiger partial charge in [0.2, 0.25) is 0 Å². The highest BCUT2D eigenvalue weighted by Gasteiger charge is 2.09. The Bertz CT molecular complexity index is 429. The molecule has 16 heavy (non-hydrogen) atoms. The Morgan fingerprint density at radius 2 is 2.19 bits per heavy atom. The quantitative estimate of drug-likeness (QED) is 0.914. The van der Waals surface area contributed by atoms with Gasteiger partial charge in [0, 0.05) is 5.54 Å². The highest BCUT2D eigenvalue weighted by Crippen LogP contribution is 2.22. The molecular formula is C10H7Cl3O3. The number of aromatic carboxylic acids is 1. The lowest BCUT2D eigenvalue weighted by molar-refractivity contribution is 0.0696. The first-order chi connectivity index (χ1) is 7.54. The maximum atomic E-state index is 10.8. The van der Waals surface area contributed by atoms with Crippen LogP contribution in [-0.4, -0.2) is 17.7 Å². The van der Waals surface area contributed by atoms with E-state index in [0.717, 1.165) is 0 Å². The van der Waals surface area contributed by atoms with Gasteiger partial charge in [0.1, 0.15) is 12.4 Å². The number of halogens is 3. The van der Waals surface area contributed by atoms with Gasteiger partial charge in [0.25, 0.3) is 0 Å². The molecule has 0 saturated carbocycles. The van der Waals surface area contributed by atoms with E-state index in [0.29, 0.717) is 10.8 Å². The van der Waals surface area contributed by atoms with Gasteiger partial charge >= 0.3 is 5.97 Å². The van der Waals surface area contributed by atoms with E-state index in [1.165, 1.54) is 17.7 Å². The zero-order chi connectivity index (χ0) is 12.1. The summed E-state index contributed by atoms with van der Waals surface area (Å²) in [6.45, 7) is 0.0751. The van der Waals surface area contributed by atoms with Crippen LogP contribution in [0, 0.1) is 0 Å². The third kappa shape index (κ3) is 3.59. The molecule has 0 radical (unpaired) electrons. The number of hydrogen-bond donors (Lipinski definition) is 1. The van der Waals surface area contributed by atoms with Gasteiger partial charge in [-0.2, -0.15) is 0 Å². The lowest BCUT2D eigenvalue weighted by Crippen LogP contribution is -2.01. The molecular weight excluding hydrogens is 274 g/mol. The average Bonchev–Trinajstić information content (AvgIpc) is 2.27. The van der Waals surface area contributed by atoms with Crippen LogP contribution in [-0.2, 0) is 0 Å². The molecule has 0 bridgehead atoms. The molecule has 3 nitrogen and oxygen atoms in total. The van der Waals surface area contributed by atoms with Crippen LogP contribution in [0.3, 0.4) is 0 Å². The lowest BCUT2D eigenvalue weighted by atomic mass is 10.2. The predicted molar refractivity (Wildman–Crippen MR) is 63.7 cm³/mol. The molecule has 0 aliphatic carbocycles. The fourth-order valence-electron chi connectivity index (χ4n) is 0.942. The van der Waals surface area contributed by atoms with E-state index >= 15 is 0 Å². The smallest absolute Gasteiger partial charge is 0.337 e. The molecule has 0 spiro atoms. The number of carboxylic acid groups (broad SMARTS) is 1. The zero-order valence-corrected chi connectivity index (χ0v) is 10.2. The molecule has 0 atom stereocenters. The summed E-state index contributed by atoms with van der Waals surface area (Å²) in [5.74, 6) is -0.757. The van der Waals surface area contributed by atoms with Crippen LogP contribution in [0.4, 0.5) is 0 Å². The minimum atomic E-state index is -1.12. The summed E-state index contributed by atoms with van der Waals surface area (Å²) in [5.41, 5.74) is 1.15. The topological polar surface area (TPSA) is 46.5 Å². The van der Waals surface area contributed by atoms with Crippen molar-refractivity contribution >= 4 is 40.8 Å². The largest absolute Gasteiger partial charge is 0.488 e. The van der Waals surface area contributed by atoms with Crippen LogP contribution < -0.4 is 4.74 Å². The Labute approximate surface area is 107 Å². The number of carboxylic acids is 1. The maximum absolute atomic E-state index is 10.8. The van der Waals surface area contributed by atoms with Gasteiger partial charge in [-0.3, -0.25) is 0 Å². The van der Waals surface area contributed by atoms with E-state index in [-0.39, 0.29) is 17.2 Å². The van der Waals surface area contributed by atoms with Crippen LogP contribution in [0.15, 0.2) is 28.8 Å². The molecule has 0 aliphatic rings. The summed E-state index contributed by atoms with van der Waals surface area (Å²) in [6, 6.07) is 4.31. The Morgan fingerprint density at radius 1 is 1.50 bits per heavy atom. The summed E-state index contributed by atoms with van der Waals surface area (Å²) in [6.07, 6.45) is 0. The zero-order valence-electron chi connectivity index (χ0n) is 7.91. The van der Waals surface area contributed by atoms with E-state index in [1.54, 1.807) is 6.07 Å². The van der Waals surface area contributed by atoms with Gasteiger partial charge in [-0.1, -0.05) is 34.8 Å². The second kappa shape index (κ2) is 5.99. The summed E-state index contributed by atoms with van der Waals surface area (Å²) in [4.78, 5) is 10.8. The number of ether oxygens (including phenoxy) is 1. The number of carbonyl (C=O) groups is 1. The standard InChI is InChI=1S/C10H7Cl3O3/c11-4-6(12)5-16-7-1-2-9(13)8(3-7)10(14)15/h1-4H,5H2,(H,14,15)/b6-4-. The van der Waals surface area contributed by atoms with E-state index < -0.39 is 5.97 Å². The van der Waals surface area contributed by atoms with Crippen molar-refractivity contribution in [3.05, 3.63) is 39.4 Å². The van der Waals surface area contributed by atoms with Crippen molar-refractivity contribution in [1.29, 1.82) is 0 Å². The molecule has 1 rings (SSSR count). The molecule has 1 N–H and O–H groups in total. The van der Waals surface area contributed by atoms with Crippen molar-refractivity contribution in [1.82, 2.24) is 0 Å². The number of hydrogen-bond acceptors (Lipinski definition) is 2. The first kappa shape index (κ1) is 13.2. The second-order valence-corrected chi connectivity index (χ2v) is 3.90. The van der Waals surface area contributed by atoms with E-state index in [4.69, 9.17) is 44.6 Å². The predicted octanol–water partition coefficient (Wildman–Crippen LogP) is 3.74. The third-order valence-corrected chi connectivity index (χ3v) is 2.59. The van der Waals surface area contributed by atoms with Gasteiger partial charge in [-0.05, 0) is 18.2 Å². The molecule has 0 amide bonds. The van der Waals surface area contributed by atoms with Crippen LogP contribution in [0.5, 0.6) is 5.75 Å². The molecule has 1 aromatic rings. The molecule has 0 heterocycles. The van der Waals surface area contributed by atoms with Crippen LogP contribution in [0.25, 0.3) is 0 Å². The van der Waals surface area contributed by atoms with E-state index in [1.807, 2.05) is 0 Å². The summed E-state index contributed by atoms with van der Waals surface area (Å²) < 4.78 is 5.20. The molecule has 0 unspecified atom stereocenters. The summed E-state index contributed by atoms with van der Waals surface area (Å²) >= 11 is 16.6. The number of benzene rings is 1. The van der Waals surface area contributed by atoms with E-state index in [9.17, 15) is 4.79 Å². The molecule has 86 valence electrons. The lowest BCUT2D eigenvalue weighted by Gasteiger charge is -2.06. The first-order valence-electron chi connectivity index (χ1n) is 4.15. The Balaban J connectivity index is 2.83. The minimum absolute atomic E-state index is 0.0230. The Morgan fingerprint density at radius 3 is 2.75 bits per heavy atom. The van der Waals surface area contributed by atoms with Crippen molar-refractivity contribution in [3.63, 3.8) is 0 Å². The summed E-state index contributed by atoms with van der Waals surface area (Å²) in [7, 11) is 0. The molecule has 0 aromatic heterocycles. The normalized spacial score (nSPS) is 11.3. The van der Waals surface area contributed by atoms with Gasteiger partial charge in [0.15, 0.2) is 0 Å². The molecule has 6 heteroatoms. The monoisotopic (exact) mass is 280 g/mol. The van der Waals surface area contributed by atoms with Gasteiger partial charge in [-0.15, -0.1) is 0 Å². The van der Waals surface area contributed by atoms with Crippen LogP contribution >= 0.6 is 34.8 Å². The molecule has 0 fully saturated rings. The fraction of sp³-hybridized carbons (Fsp3) is 0.100. The van der Waals surface area contributed by atoms with Crippen molar-refractivity contribution in [2.24, 2.45) is 0 Å². The van der Waals surface area contributed by atoms with Crippen molar-refractivity contribution < 1.29 is 14.6 Å². The van der Waals surface area contributed by atoms with Crippen molar-refractivity contribution in [3.8, 4) is 5.75 Å². The molecule has 1 aromatic carbocycles. The molecule has 0 saturated heterocycles. The highest BCUT2D eigenvalue weighted by molar-refractivity contribution is 6.36. The van der Waals surface area contributed by atoms with Crippen molar-refractivity contribution in [2.75, 3.05) is 6.61 Å². The Hall–Kier alpha value is -0.900. The SMILES string of the molecule is O=C(O)c1cc(OC/C(Cl)=C/Cl)ccc1Cl. The highest BCUT2D eigenvalue weighted by atomic mass is 35.5. The molecule has 0 aliphatic heterocycles. The Kier molecular flexibility index (Phi) is 4.93. The average molecular weight is 282 g/mol. The first-order valence-corrected chi connectivity index (χ1v) is 5.34. The van der Waals surface area contributed by atoms with Crippen LogP contribution in [0.1, 0.15) is 10.4 Å².